The number of halogens is 1. The number of amides is 2. The van der Waals surface area contributed by atoms with Crippen LogP contribution in [-0.2, 0) is 20.9 Å². The second-order valence-corrected chi connectivity index (χ2v) is 7.30. The average Bonchev–Trinajstić information content (AvgIpc) is 2.88. The number of β-amino-alcohol motifs (C(OH)–C–C–N with tert-alkyl or cyclic N) is 1. The van der Waals surface area contributed by atoms with Crippen LogP contribution in [-0.4, -0.2) is 60.7 Å². The van der Waals surface area contributed by atoms with Crippen molar-refractivity contribution in [2.45, 2.75) is 13.5 Å². The molecule has 0 aromatic heterocycles. The lowest BCUT2D eigenvalue weighted by molar-refractivity contribution is -0.141. The van der Waals surface area contributed by atoms with Crippen molar-refractivity contribution in [2.75, 3.05) is 37.8 Å². The summed E-state index contributed by atoms with van der Waals surface area (Å²) in [5, 5.41) is 9.44. The highest BCUT2D eigenvalue weighted by molar-refractivity contribution is 6.34. The Bertz CT molecular complexity index is 980. The molecule has 2 aromatic carbocycles. The van der Waals surface area contributed by atoms with Gasteiger partial charge in [-0.25, -0.2) is 0 Å². The predicted octanol–water partition coefficient (Wildman–Crippen LogP) is 2.26. The highest BCUT2D eigenvalue weighted by Gasteiger charge is 2.30. The number of rotatable bonds is 7. The molecule has 9 heteroatoms. The number of carbonyl (C=O) groups excluding carboxylic acids is 3. The molecule has 2 amide bonds. The van der Waals surface area contributed by atoms with Crippen LogP contribution in [0.1, 0.15) is 22.8 Å². The molecule has 1 heterocycles. The summed E-state index contributed by atoms with van der Waals surface area (Å²) in [6.45, 7) is 1.74. The number of esters is 1. The highest BCUT2D eigenvalue weighted by atomic mass is 35.5. The second-order valence-electron chi connectivity index (χ2n) is 6.89. The zero-order valence-corrected chi connectivity index (χ0v) is 17.8. The SMILES string of the molecule is CC(=O)OCCOc1ccc(C(=O)N2CC(=O)N(CCO)Cc3ccccc32)c(Cl)c1. The molecule has 0 atom stereocenters. The van der Waals surface area contributed by atoms with E-state index >= 15 is 0 Å². The number of hydrogen-bond donors (Lipinski definition) is 1. The minimum Gasteiger partial charge on any atom is -0.490 e. The van der Waals surface area contributed by atoms with Crippen molar-refractivity contribution in [1.82, 2.24) is 4.90 Å². The fraction of sp³-hybridized carbons (Fsp3) is 0.318. The first-order valence-corrected chi connectivity index (χ1v) is 10.1. The van der Waals surface area contributed by atoms with E-state index < -0.39 is 11.9 Å². The number of aliphatic hydroxyl groups is 1. The zero-order valence-electron chi connectivity index (χ0n) is 17.0. The minimum atomic E-state index is -0.414. The van der Waals surface area contributed by atoms with Gasteiger partial charge in [-0.05, 0) is 29.8 Å². The molecule has 0 spiro atoms. The molecule has 0 saturated heterocycles. The first-order chi connectivity index (χ1) is 14.9. The number of hydrogen-bond acceptors (Lipinski definition) is 6. The monoisotopic (exact) mass is 446 g/mol. The lowest BCUT2D eigenvalue weighted by Crippen LogP contribution is -2.41. The van der Waals surface area contributed by atoms with Crippen molar-refractivity contribution in [3.63, 3.8) is 0 Å². The maximum atomic E-state index is 13.3. The van der Waals surface area contributed by atoms with Crippen molar-refractivity contribution in [1.29, 1.82) is 0 Å². The number of ether oxygens (including phenoxy) is 2. The van der Waals surface area contributed by atoms with Gasteiger partial charge in [0.15, 0.2) is 0 Å². The van der Waals surface area contributed by atoms with E-state index in [1.165, 1.54) is 28.9 Å². The van der Waals surface area contributed by atoms with Gasteiger partial charge >= 0.3 is 5.97 Å². The van der Waals surface area contributed by atoms with Crippen LogP contribution >= 0.6 is 11.6 Å². The van der Waals surface area contributed by atoms with Gasteiger partial charge in [0.25, 0.3) is 5.91 Å². The fourth-order valence-electron chi connectivity index (χ4n) is 3.28. The average molecular weight is 447 g/mol. The van der Waals surface area contributed by atoms with E-state index in [2.05, 4.69) is 0 Å². The van der Waals surface area contributed by atoms with Crippen LogP contribution in [0.3, 0.4) is 0 Å². The maximum Gasteiger partial charge on any atom is 0.302 e. The van der Waals surface area contributed by atoms with Crippen molar-refractivity contribution in [2.24, 2.45) is 0 Å². The number of fused-ring (bicyclic) bond motifs is 1. The summed E-state index contributed by atoms with van der Waals surface area (Å²) in [6.07, 6.45) is 0. The van der Waals surface area contributed by atoms with Gasteiger partial charge in [-0.3, -0.25) is 19.3 Å². The van der Waals surface area contributed by atoms with Crippen LogP contribution in [0.15, 0.2) is 42.5 Å². The molecule has 1 aliphatic heterocycles. The fourth-order valence-corrected chi connectivity index (χ4v) is 3.53. The van der Waals surface area contributed by atoms with Gasteiger partial charge in [0.1, 0.15) is 25.5 Å². The molecule has 0 unspecified atom stereocenters. The third-order valence-electron chi connectivity index (χ3n) is 4.73. The van der Waals surface area contributed by atoms with Crippen molar-refractivity contribution < 1.29 is 29.0 Å². The lowest BCUT2D eigenvalue weighted by atomic mass is 10.1. The summed E-state index contributed by atoms with van der Waals surface area (Å²) in [5.41, 5.74) is 1.66. The Balaban J connectivity index is 1.81. The normalized spacial score (nSPS) is 13.5. The van der Waals surface area contributed by atoms with Gasteiger partial charge in [0.2, 0.25) is 5.91 Å². The van der Waals surface area contributed by atoms with Gasteiger partial charge in [-0.2, -0.15) is 0 Å². The minimum absolute atomic E-state index is 0.102. The molecular weight excluding hydrogens is 424 g/mol. The largest absolute Gasteiger partial charge is 0.490 e. The Morgan fingerprint density at radius 3 is 2.61 bits per heavy atom. The summed E-state index contributed by atoms with van der Waals surface area (Å²) >= 11 is 6.35. The first-order valence-electron chi connectivity index (χ1n) is 9.75. The molecule has 0 aliphatic carbocycles. The molecule has 1 N–H and O–H groups in total. The lowest BCUT2D eigenvalue weighted by Gasteiger charge is -2.23. The Hall–Kier alpha value is -3.10. The van der Waals surface area contributed by atoms with E-state index in [0.717, 1.165) is 5.56 Å². The van der Waals surface area contributed by atoms with E-state index in [1.807, 2.05) is 12.1 Å². The molecule has 31 heavy (non-hydrogen) atoms. The van der Waals surface area contributed by atoms with Crippen LogP contribution in [0.5, 0.6) is 5.75 Å². The number of anilines is 1. The topological polar surface area (TPSA) is 96.4 Å². The highest BCUT2D eigenvalue weighted by Crippen LogP contribution is 2.30. The Morgan fingerprint density at radius 2 is 1.90 bits per heavy atom. The smallest absolute Gasteiger partial charge is 0.302 e. The van der Waals surface area contributed by atoms with Crippen LogP contribution in [0.2, 0.25) is 5.02 Å². The third-order valence-corrected chi connectivity index (χ3v) is 5.05. The molecule has 0 fully saturated rings. The number of carbonyl (C=O) groups is 3. The second kappa shape index (κ2) is 10.3. The van der Waals surface area contributed by atoms with Crippen molar-refractivity contribution in [3.8, 4) is 5.75 Å². The number of aliphatic hydroxyl groups excluding tert-OH is 1. The van der Waals surface area contributed by atoms with Gasteiger partial charge < -0.3 is 19.5 Å². The maximum absolute atomic E-state index is 13.3. The molecule has 3 rings (SSSR count). The van der Waals surface area contributed by atoms with Gasteiger partial charge in [-0.1, -0.05) is 29.8 Å². The van der Waals surface area contributed by atoms with Crippen molar-refractivity contribution >= 4 is 35.1 Å². The molecule has 0 bridgehead atoms. The van der Waals surface area contributed by atoms with Gasteiger partial charge in [-0.15, -0.1) is 0 Å². The Morgan fingerprint density at radius 1 is 1.13 bits per heavy atom. The Labute approximate surface area is 184 Å². The molecule has 8 nitrogen and oxygen atoms in total. The predicted molar refractivity (Wildman–Crippen MR) is 114 cm³/mol. The summed E-state index contributed by atoms with van der Waals surface area (Å²) in [6, 6.07) is 11.9. The van der Waals surface area contributed by atoms with Crippen molar-refractivity contribution in [3.05, 3.63) is 58.6 Å². The van der Waals surface area contributed by atoms with E-state index in [4.69, 9.17) is 21.1 Å². The zero-order chi connectivity index (χ0) is 22.4. The van der Waals surface area contributed by atoms with Crippen LogP contribution < -0.4 is 9.64 Å². The molecule has 1 aliphatic rings. The quantitative estimate of drug-likeness (QED) is 0.517. The first kappa shape index (κ1) is 22.6. The summed E-state index contributed by atoms with van der Waals surface area (Å²) < 4.78 is 10.3. The van der Waals surface area contributed by atoms with Crippen LogP contribution in [0, 0.1) is 0 Å². The molecule has 2 aromatic rings. The molecule has 0 radical (unpaired) electrons. The van der Waals surface area contributed by atoms with E-state index in [9.17, 15) is 19.5 Å². The molecule has 0 saturated carbocycles. The van der Waals surface area contributed by atoms with E-state index in [-0.39, 0.29) is 49.4 Å². The van der Waals surface area contributed by atoms with Gasteiger partial charge in [0.05, 0.1) is 17.2 Å². The Kier molecular flexibility index (Phi) is 7.49. The van der Waals surface area contributed by atoms with Crippen LogP contribution in [0.4, 0.5) is 5.69 Å². The van der Waals surface area contributed by atoms with E-state index in [0.29, 0.717) is 18.0 Å². The summed E-state index contributed by atoms with van der Waals surface area (Å²) in [4.78, 5) is 39.7. The van der Waals surface area contributed by atoms with Crippen LogP contribution in [0.25, 0.3) is 0 Å². The number of para-hydroxylation sites is 1. The third kappa shape index (κ3) is 5.53. The number of benzene rings is 2. The summed E-state index contributed by atoms with van der Waals surface area (Å²) in [5.74, 6) is -0.647. The standard InChI is InChI=1S/C22H23ClN2O6/c1-15(27)30-10-11-31-17-6-7-18(19(23)12-17)22(29)25-14-21(28)24(8-9-26)13-16-4-2-3-5-20(16)25/h2-7,12,26H,8-11,13-14H2,1H3. The van der Waals surface area contributed by atoms with E-state index in [1.54, 1.807) is 18.2 Å². The number of nitrogens with zero attached hydrogens (tertiary/aromatic N) is 2. The molecular formula is C22H23ClN2O6. The summed E-state index contributed by atoms with van der Waals surface area (Å²) in [7, 11) is 0. The van der Waals surface area contributed by atoms with Gasteiger partial charge in [0, 0.05) is 25.7 Å². The molecule has 164 valence electrons.